The van der Waals surface area contributed by atoms with Crippen molar-refractivity contribution in [2.45, 2.75) is 25.4 Å². The number of methoxy groups -OCH3 is 2. The summed E-state index contributed by atoms with van der Waals surface area (Å²) in [6.45, 7) is 0.158. The summed E-state index contributed by atoms with van der Waals surface area (Å²) in [5, 5.41) is 6.31. The fraction of sp³-hybridized carbons (Fsp3) is 0.250. The van der Waals surface area contributed by atoms with Crippen molar-refractivity contribution in [3.05, 3.63) is 60.3 Å². The predicted molar refractivity (Wildman–Crippen MR) is 122 cm³/mol. The molecular weight excluding hydrogens is 424 g/mol. The second-order valence-electron chi connectivity index (χ2n) is 7.64. The Labute approximate surface area is 190 Å². The van der Waals surface area contributed by atoms with Gasteiger partial charge in [0.2, 0.25) is 5.91 Å². The highest BCUT2D eigenvalue weighted by Crippen LogP contribution is 2.22. The van der Waals surface area contributed by atoms with E-state index in [1.807, 2.05) is 24.3 Å². The minimum absolute atomic E-state index is 0.0771. The lowest BCUT2D eigenvalue weighted by Crippen LogP contribution is -2.31. The number of nitrogens with zero attached hydrogens (tertiary/aromatic N) is 2. The van der Waals surface area contributed by atoms with Gasteiger partial charge in [-0.3, -0.25) is 19.5 Å². The van der Waals surface area contributed by atoms with Gasteiger partial charge >= 0.3 is 6.03 Å². The molecule has 170 valence electrons. The van der Waals surface area contributed by atoms with Crippen molar-refractivity contribution in [3.8, 4) is 11.5 Å². The fourth-order valence-electron chi connectivity index (χ4n) is 3.63. The standard InChI is InChI=1S/C24H24N4O5/c1-32-18-6-3-15(4-7-18)14-28-23(30)20(27-24(28)31)9-10-22(29)26-17-11-16-5-8-19(33-2)12-21(16)25-13-17/h3-8,11-13,20H,9-10,14H2,1-2H3,(H,26,29)(H,27,31)/t20-/m1/s1. The van der Waals surface area contributed by atoms with Crippen LogP contribution in [0.5, 0.6) is 11.5 Å². The predicted octanol–water partition coefficient (Wildman–Crippen LogP) is 3.09. The second-order valence-corrected chi connectivity index (χ2v) is 7.64. The van der Waals surface area contributed by atoms with Gasteiger partial charge in [-0.2, -0.15) is 0 Å². The van der Waals surface area contributed by atoms with E-state index in [0.29, 0.717) is 17.2 Å². The quantitative estimate of drug-likeness (QED) is 0.513. The lowest BCUT2D eigenvalue weighted by atomic mass is 10.1. The molecule has 0 aliphatic carbocycles. The van der Waals surface area contributed by atoms with Crippen LogP contribution in [-0.2, 0) is 16.1 Å². The third-order valence-corrected chi connectivity index (χ3v) is 5.44. The molecule has 4 rings (SSSR count). The maximum atomic E-state index is 12.7. The summed E-state index contributed by atoms with van der Waals surface area (Å²) in [4.78, 5) is 42.9. The third kappa shape index (κ3) is 5.03. The van der Waals surface area contributed by atoms with E-state index < -0.39 is 12.1 Å². The largest absolute Gasteiger partial charge is 0.497 e. The van der Waals surface area contributed by atoms with Crippen molar-refractivity contribution in [1.29, 1.82) is 0 Å². The van der Waals surface area contributed by atoms with Crippen LogP contribution < -0.4 is 20.1 Å². The molecule has 4 amide bonds. The summed E-state index contributed by atoms with van der Waals surface area (Å²) in [5.41, 5.74) is 2.11. The number of rotatable bonds is 8. The lowest BCUT2D eigenvalue weighted by Gasteiger charge is -2.13. The van der Waals surface area contributed by atoms with Crippen molar-refractivity contribution in [2.24, 2.45) is 0 Å². The Hall–Kier alpha value is -4.14. The van der Waals surface area contributed by atoms with Gasteiger partial charge in [-0.05, 0) is 42.3 Å². The highest BCUT2D eigenvalue weighted by molar-refractivity contribution is 6.04. The summed E-state index contributed by atoms with van der Waals surface area (Å²) >= 11 is 0. The first-order chi connectivity index (χ1) is 16.0. The van der Waals surface area contributed by atoms with Gasteiger partial charge < -0.3 is 20.1 Å². The summed E-state index contributed by atoms with van der Waals surface area (Å²) < 4.78 is 10.3. The Bertz CT molecular complexity index is 1200. The molecule has 0 radical (unpaired) electrons. The van der Waals surface area contributed by atoms with E-state index in [2.05, 4.69) is 15.6 Å². The van der Waals surface area contributed by atoms with Crippen molar-refractivity contribution in [2.75, 3.05) is 19.5 Å². The molecule has 2 heterocycles. The van der Waals surface area contributed by atoms with Crippen LogP contribution >= 0.6 is 0 Å². The number of benzene rings is 2. The number of fused-ring (bicyclic) bond motifs is 1. The maximum absolute atomic E-state index is 12.7. The Morgan fingerprint density at radius 1 is 1.06 bits per heavy atom. The molecule has 0 spiro atoms. The minimum atomic E-state index is -0.733. The number of imide groups is 1. The molecule has 2 aromatic carbocycles. The molecule has 1 aliphatic rings. The number of urea groups is 1. The van der Waals surface area contributed by atoms with Gasteiger partial charge in [0.25, 0.3) is 5.91 Å². The van der Waals surface area contributed by atoms with E-state index in [0.717, 1.165) is 21.4 Å². The van der Waals surface area contributed by atoms with Crippen LogP contribution in [0, 0.1) is 0 Å². The average molecular weight is 448 g/mol. The molecule has 1 fully saturated rings. The highest BCUT2D eigenvalue weighted by atomic mass is 16.5. The molecule has 2 N–H and O–H groups in total. The van der Waals surface area contributed by atoms with Crippen LogP contribution in [0.3, 0.4) is 0 Å². The molecule has 0 saturated carbocycles. The average Bonchev–Trinajstić information content (AvgIpc) is 3.10. The van der Waals surface area contributed by atoms with E-state index in [1.54, 1.807) is 44.7 Å². The molecule has 9 nitrogen and oxygen atoms in total. The van der Waals surface area contributed by atoms with Crippen molar-refractivity contribution < 1.29 is 23.9 Å². The first-order valence-electron chi connectivity index (χ1n) is 10.5. The minimum Gasteiger partial charge on any atom is -0.497 e. The zero-order valence-corrected chi connectivity index (χ0v) is 18.3. The van der Waals surface area contributed by atoms with Crippen LogP contribution in [0.4, 0.5) is 10.5 Å². The highest BCUT2D eigenvalue weighted by Gasteiger charge is 2.37. The zero-order valence-electron chi connectivity index (χ0n) is 18.3. The van der Waals surface area contributed by atoms with E-state index in [4.69, 9.17) is 9.47 Å². The topological polar surface area (TPSA) is 110 Å². The van der Waals surface area contributed by atoms with Crippen molar-refractivity contribution in [1.82, 2.24) is 15.2 Å². The van der Waals surface area contributed by atoms with Gasteiger partial charge in [-0.15, -0.1) is 0 Å². The van der Waals surface area contributed by atoms with Crippen LogP contribution in [0.1, 0.15) is 18.4 Å². The number of pyridine rings is 1. The number of carbonyl (C=O) groups excluding carboxylic acids is 3. The van der Waals surface area contributed by atoms with Gasteiger partial charge in [0.05, 0.1) is 38.2 Å². The van der Waals surface area contributed by atoms with E-state index in [1.165, 1.54) is 0 Å². The van der Waals surface area contributed by atoms with Crippen molar-refractivity contribution in [3.63, 3.8) is 0 Å². The number of nitrogens with one attached hydrogen (secondary N) is 2. The number of amides is 4. The molecular formula is C24H24N4O5. The number of hydrogen-bond donors (Lipinski definition) is 2. The lowest BCUT2D eigenvalue weighted by molar-refractivity contribution is -0.128. The first-order valence-corrected chi connectivity index (χ1v) is 10.5. The van der Waals surface area contributed by atoms with E-state index in [9.17, 15) is 14.4 Å². The van der Waals surface area contributed by atoms with Crippen molar-refractivity contribution >= 4 is 34.4 Å². The Balaban J connectivity index is 1.32. The SMILES string of the molecule is COc1ccc(CN2C(=O)N[C@H](CCC(=O)Nc3cnc4cc(OC)ccc4c3)C2=O)cc1. The smallest absolute Gasteiger partial charge is 0.325 e. The van der Waals surface area contributed by atoms with Crippen LogP contribution in [0.25, 0.3) is 10.9 Å². The molecule has 3 aromatic rings. The Kier molecular flexibility index (Phi) is 6.39. The van der Waals surface area contributed by atoms with Crippen LogP contribution in [0.15, 0.2) is 54.7 Å². The molecule has 1 saturated heterocycles. The fourth-order valence-corrected chi connectivity index (χ4v) is 3.63. The van der Waals surface area contributed by atoms with Gasteiger partial charge in [-0.25, -0.2) is 4.79 Å². The number of carbonyl (C=O) groups is 3. The number of ether oxygens (including phenoxy) is 2. The monoisotopic (exact) mass is 448 g/mol. The second kappa shape index (κ2) is 9.56. The Morgan fingerprint density at radius 2 is 1.79 bits per heavy atom. The summed E-state index contributed by atoms with van der Waals surface area (Å²) in [7, 11) is 3.16. The molecule has 0 unspecified atom stereocenters. The van der Waals surface area contributed by atoms with Crippen LogP contribution in [-0.4, -0.2) is 48.0 Å². The Morgan fingerprint density at radius 3 is 2.52 bits per heavy atom. The molecule has 1 atom stereocenters. The maximum Gasteiger partial charge on any atom is 0.325 e. The van der Waals surface area contributed by atoms with Gasteiger partial charge in [0.1, 0.15) is 17.5 Å². The van der Waals surface area contributed by atoms with Gasteiger partial charge in [0, 0.05) is 17.9 Å². The molecule has 33 heavy (non-hydrogen) atoms. The first kappa shape index (κ1) is 22.1. The normalized spacial score (nSPS) is 15.5. The molecule has 1 aliphatic heterocycles. The summed E-state index contributed by atoms with van der Waals surface area (Å²) in [6, 6.07) is 13.3. The van der Waals surface area contributed by atoms with Gasteiger partial charge in [-0.1, -0.05) is 12.1 Å². The molecule has 9 heteroatoms. The van der Waals surface area contributed by atoms with Crippen LogP contribution in [0.2, 0.25) is 0 Å². The summed E-state index contributed by atoms with van der Waals surface area (Å²) in [6.07, 6.45) is 1.85. The van der Waals surface area contributed by atoms with E-state index in [-0.39, 0.29) is 31.2 Å². The number of hydrogen-bond acceptors (Lipinski definition) is 6. The molecule has 0 bridgehead atoms. The number of anilines is 1. The summed E-state index contributed by atoms with van der Waals surface area (Å²) in [5.74, 6) is 0.794. The third-order valence-electron chi connectivity index (χ3n) is 5.44. The van der Waals surface area contributed by atoms with E-state index >= 15 is 0 Å². The molecule has 1 aromatic heterocycles. The number of aromatic nitrogens is 1. The van der Waals surface area contributed by atoms with Gasteiger partial charge in [0.15, 0.2) is 0 Å². The zero-order chi connectivity index (χ0) is 23.4.